The van der Waals surface area contributed by atoms with E-state index in [-0.39, 0.29) is 5.37 Å². The Labute approximate surface area is 130 Å². The molecule has 0 amide bonds. The van der Waals surface area contributed by atoms with Gasteiger partial charge in [0.2, 0.25) is 0 Å². The van der Waals surface area contributed by atoms with Gasteiger partial charge in [-0.3, -0.25) is 4.79 Å². The fraction of sp³-hybridized carbons (Fsp3) is 0.923. The van der Waals surface area contributed by atoms with Crippen molar-refractivity contribution in [3.63, 3.8) is 0 Å². The maximum Gasteiger partial charge on any atom is 0.322 e. The van der Waals surface area contributed by atoms with E-state index in [9.17, 15) is 18.3 Å². The molecular weight excluding hydrogens is 312 g/mol. The van der Waals surface area contributed by atoms with E-state index in [1.54, 1.807) is 0 Å². The van der Waals surface area contributed by atoms with Gasteiger partial charge >= 0.3 is 5.97 Å². The molecule has 1 saturated carbocycles. The molecular formula is C13H22N2O4S2. The van der Waals surface area contributed by atoms with Crippen molar-refractivity contribution in [2.75, 3.05) is 18.8 Å². The van der Waals surface area contributed by atoms with Gasteiger partial charge < -0.3 is 5.11 Å². The lowest BCUT2D eigenvalue weighted by Gasteiger charge is -2.32. The molecule has 3 fully saturated rings. The van der Waals surface area contributed by atoms with Crippen LogP contribution in [0.1, 0.15) is 38.5 Å². The molecule has 0 aromatic rings. The Balaban J connectivity index is 1.86. The van der Waals surface area contributed by atoms with Crippen LogP contribution < -0.4 is 0 Å². The van der Waals surface area contributed by atoms with E-state index in [2.05, 4.69) is 0 Å². The molecule has 0 spiro atoms. The Morgan fingerprint density at radius 2 is 1.71 bits per heavy atom. The molecule has 0 aromatic heterocycles. The largest absolute Gasteiger partial charge is 0.480 e. The second-order valence-electron chi connectivity index (χ2n) is 6.07. The van der Waals surface area contributed by atoms with Gasteiger partial charge in [-0.15, -0.1) is 11.8 Å². The van der Waals surface area contributed by atoms with Gasteiger partial charge in [0.15, 0.2) is 0 Å². The first-order valence-corrected chi connectivity index (χ1v) is 10.1. The zero-order valence-corrected chi connectivity index (χ0v) is 13.6. The number of carboxylic acids is 1. The highest BCUT2D eigenvalue weighted by Gasteiger charge is 2.52. The third kappa shape index (κ3) is 3.09. The predicted molar refractivity (Wildman–Crippen MR) is 81.2 cm³/mol. The molecule has 1 N–H and O–H groups in total. The molecule has 120 valence electrons. The van der Waals surface area contributed by atoms with Crippen molar-refractivity contribution >= 4 is 27.9 Å². The standard InChI is InChI=1S/C13H22N2O4S2/c16-13(17)11-9-20-12(10-5-6-10)15(11)21(18,19)14-7-3-1-2-4-8-14/h10-12H,1-9H2,(H,16,17). The highest BCUT2D eigenvalue weighted by molar-refractivity contribution is 8.01. The summed E-state index contributed by atoms with van der Waals surface area (Å²) in [6.45, 7) is 1.04. The zero-order chi connectivity index (χ0) is 15.0. The van der Waals surface area contributed by atoms with Crippen molar-refractivity contribution < 1.29 is 18.3 Å². The van der Waals surface area contributed by atoms with Gasteiger partial charge in [-0.2, -0.15) is 17.0 Å². The van der Waals surface area contributed by atoms with Crippen molar-refractivity contribution in [3.8, 4) is 0 Å². The molecule has 3 rings (SSSR count). The number of aliphatic carboxylic acids is 1. The lowest BCUT2D eigenvalue weighted by Crippen LogP contribution is -2.52. The van der Waals surface area contributed by atoms with E-state index in [0.29, 0.717) is 24.8 Å². The molecule has 3 aliphatic rings. The quantitative estimate of drug-likeness (QED) is 0.839. The van der Waals surface area contributed by atoms with Gasteiger partial charge in [-0.1, -0.05) is 12.8 Å². The van der Waals surface area contributed by atoms with Gasteiger partial charge in [0.1, 0.15) is 6.04 Å². The van der Waals surface area contributed by atoms with Gasteiger partial charge in [-0.05, 0) is 31.6 Å². The second-order valence-corrected chi connectivity index (χ2v) is 9.05. The highest BCUT2D eigenvalue weighted by atomic mass is 32.2. The number of hydrogen-bond acceptors (Lipinski definition) is 4. The van der Waals surface area contributed by atoms with Gasteiger partial charge in [0.25, 0.3) is 10.2 Å². The molecule has 1 aliphatic carbocycles. The van der Waals surface area contributed by atoms with Crippen LogP contribution in [0, 0.1) is 5.92 Å². The molecule has 0 bridgehead atoms. The topological polar surface area (TPSA) is 77.9 Å². The minimum Gasteiger partial charge on any atom is -0.480 e. The third-order valence-electron chi connectivity index (χ3n) is 4.45. The molecule has 2 atom stereocenters. The summed E-state index contributed by atoms with van der Waals surface area (Å²) in [7, 11) is -3.67. The van der Waals surface area contributed by atoms with Crippen molar-refractivity contribution in [2.45, 2.75) is 49.9 Å². The predicted octanol–water partition coefficient (Wildman–Crippen LogP) is 1.35. The summed E-state index contributed by atoms with van der Waals surface area (Å²) in [5, 5.41) is 9.20. The van der Waals surface area contributed by atoms with Crippen molar-refractivity contribution in [1.29, 1.82) is 0 Å². The number of carboxylic acid groups (broad SMARTS) is 1. The van der Waals surface area contributed by atoms with Crippen LogP contribution in [0.2, 0.25) is 0 Å². The Morgan fingerprint density at radius 3 is 2.24 bits per heavy atom. The lowest BCUT2D eigenvalue weighted by atomic mass is 10.2. The van der Waals surface area contributed by atoms with E-state index in [0.717, 1.165) is 38.5 Å². The molecule has 0 aromatic carbocycles. The number of hydrogen-bond donors (Lipinski definition) is 1. The van der Waals surface area contributed by atoms with E-state index in [1.807, 2.05) is 0 Å². The Bertz CT molecular complexity index is 498. The third-order valence-corrected chi connectivity index (χ3v) is 8.08. The minimum atomic E-state index is -3.67. The number of rotatable bonds is 4. The second kappa shape index (κ2) is 6.06. The maximum atomic E-state index is 13.0. The molecule has 0 radical (unpaired) electrons. The Kier molecular flexibility index (Phi) is 4.50. The summed E-state index contributed by atoms with van der Waals surface area (Å²) in [6, 6.07) is -0.908. The zero-order valence-electron chi connectivity index (χ0n) is 12.0. The summed E-state index contributed by atoms with van der Waals surface area (Å²) >= 11 is 1.49. The summed E-state index contributed by atoms with van der Waals surface area (Å²) in [5.41, 5.74) is 0. The molecule has 2 aliphatic heterocycles. The molecule has 6 nitrogen and oxygen atoms in total. The number of thioether (sulfide) groups is 1. The van der Waals surface area contributed by atoms with Crippen LogP contribution in [0.3, 0.4) is 0 Å². The number of carbonyl (C=O) groups is 1. The Morgan fingerprint density at radius 1 is 1.10 bits per heavy atom. The maximum absolute atomic E-state index is 13.0. The first-order valence-electron chi connectivity index (χ1n) is 7.65. The average Bonchev–Trinajstić information content (AvgIpc) is 3.22. The Hall–Kier alpha value is -0.310. The summed E-state index contributed by atoms with van der Waals surface area (Å²) in [5.74, 6) is -0.325. The van der Waals surface area contributed by atoms with Crippen LogP contribution in [0.15, 0.2) is 0 Å². The molecule has 2 heterocycles. The van der Waals surface area contributed by atoms with Gasteiger partial charge in [-0.25, -0.2) is 0 Å². The molecule has 2 unspecified atom stereocenters. The van der Waals surface area contributed by atoms with Gasteiger partial charge in [0, 0.05) is 18.8 Å². The first-order chi connectivity index (χ1) is 10.0. The van der Waals surface area contributed by atoms with Crippen LogP contribution in [-0.4, -0.2) is 58.4 Å². The highest BCUT2D eigenvalue weighted by Crippen LogP contribution is 2.47. The smallest absolute Gasteiger partial charge is 0.322 e. The van der Waals surface area contributed by atoms with Gasteiger partial charge in [0.05, 0.1) is 5.37 Å². The van der Waals surface area contributed by atoms with E-state index < -0.39 is 22.2 Å². The van der Waals surface area contributed by atoms with Crippen LogP contribution in [-0.2, 0) is 15.0 Å². The van der Waals surface area contributed by atoms with Crippen LogP contribution in [0.25, 0.3) is 0 Å². The van der Waals surface area contributed by atoms with Crippen LogP contribution in [0.4, 0.5) is 0 Å². The summed E-state index contributed by atoms with van der Waals surface area (Å²) in [4.78, 5) is 11.5. The van der Waals surface area contributed by atoms with Crippen LogP contribution >= 0.6 is 11.8 Å². The molecule has 21 heavy (non-hydrogen) atoms. The first kappa shape index (κ1) is 15.6. The lowest BCUT2D eigenvalue weighted by molar-refractivity contribution is -0.140. The van der Waals surface area contributed by atoms with Crippen LogP contribution in [0.5, 0.6) is 0 Å². The summed E-state index contributed by atoms with van der Waals surface area (Å²) < 4.78 is 28.8. The van der Waals surface area contributed by atoms with Crippen molar-refractivity contribution in [1.82, 2.24) is 8.61 Å². The summed E-state index contributed by atoms with van der Waals surface area (Å²) in [6.07, 6.45) is 5.86. The van der Waals surface area contributed by atoms with E-state index >= 15 is 0 Å². The minimum absolute atomic E-state index is 0.181. The van der Waals surface area contributed by atoms with Crippen molar-refractivity contribution in [3.05, 3.63) is 0 Å². The fourth-order valence-corrected chi connectivity index (χ4v) is 7.15. The fourth-order valence-electron chi connectivity index (χ4n) is 3.12. The van der Waals surface area contributed by atoms with E-state index in [4.69, 9.17) is 0 Å². The monoisotopic (exact) mass is 334 g/mol. The normalized spacial score (nSPS) is 33.0. The molecule has 8 heteroatoms. The van der Waals surface area contributed by atoms with Crippen molar-refractivity contribution in [2.24, 2.45) is 5.92 Å². The SMILES string of the molecule is O=C(O)C1CSC(C2CC2)N1S(=O)(=O)N1CCCCCC1. The average molecular weight is 334 g/mol. The number of nitrogens with zero attached hydrogens (tertiary/aromatic N) is 2. The molecule has 2 saturated heterocycles. The van der Waals surface area contributed by atoms with E-state index in [1.165, 1.54) is 20.4 Å².